The van der Waals surface area contributed by atoms with E-state index >= 15 is 0 Å². The zero-order valence-electron chi connectivity index (χ0n) is 9.63. The largest absolute Gasteiger partial charge is 0.392 e. The molecule has 3 nitrogen and oxygen atoms in total. The minimum Gasteiger partial charge on any atom is -0.392 e. The molecule has 0 aromatic carbocycles. The van der Waals surface area contributed by atoms with Crippen LogP contribution in [0.15, 0.2) is 37.0 Å². The van der Waals surface area contributed by atoms with Gasteiger partial charge in [-0.05, 0) is 25.7 Å². The van der Waals surface area contributed by atoms with Crippen molar-refractivity contribution in [1.29, 1.82) is 0 Å². The molecule has 0 bridgehead atoms. The topological polar surface area (TPSA) is 60.7 Å². The summed E-state index contributed by atoms with van der Waals surface area (Å²) in [6.45, 7) is 3.56. The Labute approximate surface area is 97.4 Å². The van der Waals surface area contributed by atoms with Crippen molar-refractivity contribution in [2.75, 3.05) is 6.61 Å². The Balaban J connectivity index is 3.63. The average Bonchev–Trinajstić information content (AvgIpc) is 2.29. The highest BCUT2D eigenvalue weighted by atomic mass is 16.3. The summed E-state index contributed by atoms with van der Waals surface area (Å²) in [6, 6.07) is 0. The first-order chi connectivity index (χ1) is 7.72. The molecule has 0 heterocycles. The first-order valence-electron chi connectivity index (χ1n) is 5.62. The molecule has 0 aliphatic heterocycles. The van der Waals surface area contributed by atoms with Gasteiger partial charge in [0.25, 0.3) is 0 Å². The molecule has 0 aromatic rings. The van der Waals surface area contributed by atoms with Gasteiger partial charge in [0.15, 0.2) is 0 Å². The summed E-state index contributed by atoms with van der Waals surface area (Å²) >= 11 is 0. The van der Waals surface area contributed by atoms with Crippen molar-refractivity contribution in [3.8, 4) is 0 Å². The first-order valence-corrected chi connectivity index (χ1v) is 5.62. The van der Waals surface area contributed by atoms with Gasteiger partial charge in [-0.25, -0.2) is 0 Å². The van der Waals surface area contributed by atoms with Crippen LogP contribution in [-0.2, 0) is 0 Å². The molecule has 0 aliphatic carbocycles. The predicted octanol–water partition coefficient (Wildman–Crippen LogP) is 1.56. The predicted molar refractivity (Wildman–Crippen MR) is 66.0 cm³/mol. The fourth-order valence-electron chi connectivity index (χ4n) is 1.30. The molecular weight excluding hydrogens is 204 g/mol. The van der Waals surface area contributed by atoms with Crippen LogP contribution in [0, 0.1) is 0 Å². The SMILES string of the molecule is C=C/C=C/CC[C@H](O)[C@@H](O)CC/C=C/CO. The van der Waals surface area contributed by atoms with Crippen LogP contribution in [0.4, 0.5) is 0 Å². The highest BCUT2D eigenvalue weighted by molar-refractivity contribution is 4.97. The molecule has 0 amide bonds. The molecule has 0 radical (unpaired) electrons. The first kappa shape index (κ1) is 15.1. The second-order valence-electron chi connectivity index (χ2n) is 3.61. The molecule has 2 atom stereocenters. The summed E-state index contributed by atoms with van der Waals surface area (Å²) in [5.41, 5.74) is 0. The lowest BCUT2D eigenvalue weighted by molar-refractivity contribution is 0.0111. The van der Waals surface area contributed by atoms with Crippen LogP contribution in [0.3, 0.4) is 0 Å². The Kier molecular flexibility index (Phi) is 10.0. The lowest BCUT2D eigenvalue weighted by atomic mass is 10.0. The summed E-state index contributed by atoms with van der Waals surface area (Å²) in [5, 5.41) is 27.7. The maximum Gasteiger partial charge on any atom is 0.0802 e. The minimum absolute atomic E-state index is 0.0188. The third-order valence-electron chi connectivity index (χ3n) is 2.25. The van der Waals surface area contributed by atoms with Crippen molar-refractivity contribution in [2.45, 2.75) is 37.9 Å². The zero-order valence-corrected chi connectivity index (χ0v) is 9.63. The van der Waals surface area contributed by atoms with E-state index in [1.165, 1.54) is 0 Å². The van der Waals surface area contributed by atoms with E-state index in [1.54, 1.807) is 18.2 Å². The maximum atomic E-state index is 9.59. The van der Waals surface area contributed by atoms with Crippen LogP contribution >= 0.6 is 0 Å². The summed E-state index contributed by atoms with van der Waals surface area (Å²) in [4.78, 5) is 0. The normalized spacial score (nSPS) is 15.7. The van der Waals surface area contributed by atoms with Gasteiger partial charge < -0.3 is 15.3 Å². The Hall–Kier alpha value is -0.900. The molecule has 3 N–H and O–H groups in total. The monoisotopic (exact) mass is 226 g/mol. The second-order valence-corrected chi connectivity index (χ2v) is 3.61. The third-order valence-corrected chi connectivity index (χ3v) is 2.25. The van der Waals surface area contributed by atoms with Crippen LogP contribution in [0.25, 0.3) is 0 Å². The maximum absolute atomic E-state index is 9.59. The average molecular weight is 226 g/mol. The third kappa shape index (κ3) is 8.41. The van der Waals surface area contributed by atoms with Gasteiger partial charge in [0.2, 0.25) is 0 Å². The lowest BCUT2D eigenvalue weighted by Gasteiger charge is -2.16. The van der Waals surface area contributed by atoms with Crippen LogP contribution < -0.4 is 0 Å². The number of hydrogen-bond donors (Lipinski definition) is 3. The molecule has 0 rings (SSSR count). The standard InChI is InChI=1S/C13H22O3/c1-2-3-4-6-9-12(15)13(16)10-7-5-8-11-14/h2-5,8,12-16H,1,6-7,9-11H2/b4-3+,8-5+/t12-,13-/m0/s1. The molecule has 0 unspecified atom stereocenters. The molecule has 0 saturated carbocycles. The van der Waals surface area contributed by atoms with E-state index in [4.69, 9.17) is 5.11 Å². The molecule has 0 aliphatic rings. The van der Waals surface area contributed by atoms with Crippen molar-refractivity contribution in [3.05, 3.63) is 37.0 Å². The van der Waals surface area contributed by atoms with E-state index < -0.39 is 12.2 Å². The number of aliphatic hydroxyl groups excluding tert-OH is 3. The molecule has 3 heteroatoms. The quantitative estimate of drug-likeness (QED) is 0.413. The minimum atomic E-state index is -0.694. The van der Waals surface area contributed by atoms with Gasteiger partial charge in [0, 0.05) is 0 Å². The molecule has 0 saturated heterocycles. The molecule has 16 heavy (non-hydrogen) atoms. The fraction of sp³-hybridized carbons (Fsp3) is 0.538. The highest BCUT2D eigenvalue weighted by Crippen LogP contribution is 2.09. The van der Waals surface area contributed by atoms with Gasteiger partial charge in [-0.15, -0.1) is 0 Å². The Morgan fingerprint density at radius 3 is 2.00 bits per heavy atom. The second kappa shape index (κ2) is 10.6. The molecule has 92 valence electrons. The molecule has 0 aromatic heterocycles. The molecule has 0 spiro atoms. The van der Waals surface area contributed by atoms with E-state index in [9.17, 15) is 10.2 Å². The fourth-order valence-corrected chi connectivity index (χ4v) is 1.30. The summed E-state index contributed by atoms with van der Waals surface area (Å²) in [5.74, 6) is 0. The van der Waals surface area contributed by atoms with Crippen molar-refractivity contribution in [2.24, 2.45) is 0 Å². The summed E-state index contributed by atoms with van der Waals surface area (Å²) in [7, 11) is 0. The highest BCUT2D eigenvalue weighted by Gasteiger charge is 2.13. The summed E-state index contributed by atoms with van der Waals surface area (Å²) < 4.78 is 0. The Bertz CT molecular complexity index is 221. The van der Waals surface area contributed by atoms with E-state index in [2.05, 4.69) is 6.58 Å². The van der Waals surface area contributed by atoms with Crippen LogP contribution in [0.1, 0.15) is 25.7 Å². The van der Waals surface area contributed by atoms with Crippen LogP contribution in [0.2, 0.25) is 0 Å². The van der Waals surface area contributed by atoms with Gasteiger partial charge >= 0.3 is 0 Å². The van der Waals surface area contributed by atoms with E-state index in [0.717, 1.165) is 6.42 Å². The summed E-state index contributed by atoms with van der Waals surface area (Å²) in [6.07, 6.45) is 9.94. The van der Waals surface area contributed by atoms with E-state index in [0.29, 0.717) is 19.3 Å². The smallest absolute Gasteiger partial charge is 0.0802 e. The van der Waals surface area contributed by atoms with E-state index in [1.807, 2.05) is 12.2 Å². The number of rotatable bonds is 9. The van der Waals surface area contributed by atoms with Gasteiger partial charge in [-0.3, -0.25) is 0 Å². The van der Waals surface area contributed by atoms with Crippen molar-refractivity contribution < 1.29 is 15.3 Å². The van der Waals surface area contributed by atoms with Crippen molar-refractivity contribution in [3.63, 3.8) is 0 Å². The zero-order chi connectivity index (χ0) is 12.2. The van der Waals surface area contributed by atoms with Crippen LogP contribution in [-0.4, -0.2) is 34.1 Å². The van der Waals surface area contributed by atoms with Crippen LogP contribution in [0.5, 0.6) is 0 Å². The lowest BCUT2D eigenvalue weighted by Crippen LogP contribution is -2.25. The Morgan fingerprint density at radius 1 is 0.938 bits per heavy atom. The van der Waals surface area contributed by atoms with Gasteiger partial charge in [0.05, 0.1) is 18.8 Å². The van der Waals surface area contributed by atoms with Gasteiger partial charge in [0.1, 0.15) is 0 Å². The Morgan fingerprint density at radius 2 is 1.50 bits per heavy atom. The van der Waals surface area contributed by atoms with E-state index in [-0.39, 0.29) is 6.61 Å². The van der Waals surface area contributed by atoms with Gasteiger partial charge in [-0.2, -0.15) is 0 Å². The van der Waals surface area contributed by atoms with Crippen molar-refractivity contribution >= 4 is 0 Å². The number of hydrogen-bond acceptors (Lipinski definition) is 3. The van der Waals surface area contributed by atoms with Gasteiger partial charge in [-0.1, -0.05) is 37.0 Å². The molecular formula is C13H22O3. The number of allylic oxidation sites excluding steroid dienone is 4. The molecule has 0 fully saturated rings. The number of aliphatic hydroxyl groups is 3. The van der Waals surface area contributed by atoms with Crippen molar-refractivity contribution in [1.82, 2.24) is 0 Å².